The van der Waals surface area contributed by atoms with Crippen LogP contribution in [0.1, 0.15) is 48.9 Å². The number of allylic oxidation sites excluding steroid dienone is 1. The lowest BCUT2D eigenvalue weighted by Gasteiger charge is -2.28. The number of hydrogen-bond acceptors (Lipinski definition) is 4. The smallest absolute Gasteiger partial charge is 0.160 e. The minimum atomic E-state index is -0.0802. The van der Waals surface area contributed by atoms with Gasteiger partial charge in [-0.15, -0.1) is 0 Å². The molecule has 0 aromatic heterocycles. The molecule has 5 aromatic carbocycles. The van der Waals surface area contributed by atoms with Crippen molar-refractivity contribution >= 4 is 16.5 Å². The van der Waals surface area contributed by atoms with Crippen LogP contribution < -0.4 is 5.73 Å². The Bertz CT molecular complexity index is 1630. The molecular weight excluding hydrogens is 516 g/mol. The summed E-state index contributed by atoms with van der Waals surface area (Å²) in [5, 5.41) is 22.9. The van der Waals surface area contributed by atoms with Gasteiger partial charge in [-0.2, -0.15) is 0 Å². The van der Waals surface area contributed by atoms with Gasteiger partial charge in [-0.1, -0.05) is 105 Å². The number of aromatic hydroxyl groups is 2. The van der Waals surface area contributed by atoms with E-state index in [9.17, 15) is 10.2 Å². The van der Waals surface area contributed by atoms with E-state index in [0.29, 0.717) is 0 Å². The van der Waals surface area contributed by atoms with E-state index < -0.39 is 0 Å². The highest BCUT2D eigenvalue weighted by Gasteiger charge is 2.15. The van der Waals surface area contributed by atoms with Crippen LogP contribution in [0.3, 0.4) is 0 Å². The molecule has 42 heavy (non-hydrogen) atoms. The van der Waals surface area contributed by atoms with Crippen molar-refractivity contribution < 1.29 is 10.2 Å². The van der Waals surface area contributed by atoms with Crippen LogP contribution in [0.5, 0.6) is 11.5 Å². The third kappa shape index (κ3) is 7.20. The molecule has 0 atom stereocenters. The van der Waals surface area contributed by atoms with E-state index in [1.807, 2.05) is 19.9 Å². The predicted molar refractivity (Wildman–Crippen MR) is 178 cm³/mol. The third-order valence-electron chi connectivity index (χ3n) is 7.55. The molecule has 0 saturated heterocycles. The van der Waals surface area contributed by atoms with Gasteiger partial charge in [0.25, 0.3) is 0 Å². The summed E-state index contributed by atoms with van der Waals surface area (Å²) in [6, 6.07) is 38.0. The molecule has 0 aliphatic carbocycles. The molecule has 216 valence electrons. The number of nitrogens with zero attached hydrogens (tertiary/aromatic N) is 1. The Morgan fingerprint density at radius 2 is 1.36 bits per heavy atom. The Balaban J connectivity index is 0.00000198. The lowest BCUT2D eigenvalue weighted by molar-refractivity contribution is 0.394. The van der Waals surface area contributed by atoms with Gasteiger partial charge in [0.2, 0.25) is 0 Å². The van der Waals surface area contributed by atoms with Gasteiger partial charge in [-0.3, -0.25) is 0 Å². The normalized spacial score (nSPS) is 11.3. The molecule has 0 spiro atoms. The first-order valence-electron chi connectivity index (χ1n) is 14.6. The topological polar surface area (TPSA) is 69.7 Å². The van der Waals surface area contributed by atoms with Crippen LogP contribution >= 0.6 is 0 Å². The Morgan fingerprint density at radius 3 is 2.00 bits per heavy atom. The highest BCUT2D eigenvalue weighted by Crippen LogP contribution is 2.39. The van der Waals surface area contributed by atoms with Gasteiger partial charge in [-0.25, -0.2) is 0 Å². The molecule has 0 saturated carbocycles. The Morgan fingerprint density at radius 1 is 0.738 bits per heavy atom. The van der Waals surface area contributed by atoms with Gasteiger partial charge in [0.15, 0.2) is 11.5 Å². The van der Waals surface area contributed by atoms with Crippen molar-refractivity contribution in [3.05, 3.63) is 138 Å². The van der Waals surface area contributed by atoms with Crippen molar-refractivity contribution in [2.24, 2.45) is 5.73 Å². The summed E-state index contributed by atoms with van der Waals surface area (Å²) in [6.45, 7) is 7.90. The summed E-state index contributed by atoms with van der Waals surface area (Å²) in [5.41, 5.74) is 12.2. The predicted octanol–water partition coefficient (Wildman–Crippen LogP) is 8.72. The summed E-state index contributed by atoms with van der Waals surface area (Å²) >= 11 is 0. The van der Waals surface area contributed by atoms with Crippen LogP contribution in [0.25, 0.3) is 27.6 Å². The van der Waals surface area contributed by atoms with Crippen molar-refractivity contribution in [3.63, 3.8) is 0 Å². The molecule has 0 radical (unpaired) electrons. The molecule has 4 heteroatoms. The van der Waals surface area contributed by atoms with Crippen LogP contribution in [0.15, 0.2) is 115 Å². The fourth-order valence-electron chi connectivity index (χ4n) is 5.36. The number of phenols is 2. The van der Waals surface area contributed by atoms with E-state index in [1.165, 1.54) is 29.4 Å². The average molecular weight is 559 g/mol. The minimum absolute atomic E-state index is 0.0321. The molecule has 0 amide bonds. The molecule has 0 aliphatic rings. The lowest BCUT2D eigenvalue weighted by atomic mass is 9.94. The van der Waals surface area contributed by atoms with Crippen LogP contribution in [0, 0.1) is 0 Å². The average Bonchev–Trinajstić information content (AvgIpc) is 3.03. The number of hydrogen-bond donors (Lipinski definition) is 3. The summed E-state index contributed by atoms with van der Waals surface area (Å²) in [5.74, 6) is -0.00685. The van der Waals surface area contributed by atoms with E-state index in [4.69, 9.17) is 0 Å². The van der Waals surface area contributed by atoms with Crippen molar-refractivity contribution in [2.45, 2.75) is 39.7 Å². The molecule has 0 heterocycles. The molecule has 0 fully saturated rings. The van der Waals surface area contributed by atoms with Crippen molar-refractivity contribution in [2.75, 3.05) is 13.6 Å². The van der Waals surface area contributed by atoms with Crippen molar-refractivity contribution in [1.29, 1.82) is 0 Å². The highest BCUT2D eigenvalue weighted by molar-refractivity contribution is 5.90. The van der Waals surface area contributed by atoms with Crippen LogP contribution in [0.4, 0.5) is 0 Å². The summed E-state index contributed by atoms with van der Waals surface area (Å²) in [7, 11) is 1.50. The van der Waals surface area contributed by atoms with Gasteiger partial charge in [0, 0.05) is 24.4 Å². The number of phenolic OH excluding ortho intramolecular Hbond substituents is 2. The number of nitrogens with two attached hydrogens (primary N) is 1. The SMILES string of the molecule is C/C=C(\c1ccc2cc(-c3cc(O)c(O)c(C(C)C)c3)ccc2c1)N(CCc1ccccc1)Cc1ccccc1.CN. The monoisotopic (exact) mass is 558 g/mol. The van der Waals surface area contributed by atoms with Gasteiger partial charge >= 0.3 is 0 Å². The fourth-order valence-corrected chi connectivity index (χ4v) is 5.36. The van der Waals surface area contributed by atoms with E-state index in [-0.39, 0.29) is 17.4 Å². The van der Waals surface area contributed by atoms with Gasteiger partial charge in [-0.05, 0) is 89.2 Å². The van der Waals surface area contributed by atoms with Crippen molar-refractivity contribution in [3.8, 4) is 22.6 Å². The van der Waals surface area contributed by atoms with E-state index in [1.54, 1.807) is 6.07 Å². The number of fused-ring (bicyclic) bond motifs is 1. The van der Waals surface area contributed by atoms with E-state index in [0.717, 1.165) is 47.0 Å². The summed E-state index contributed by atoms with van der Waals surface area (Å²) < 4.78 is 0. The number of rotatable bonds is 9. The molecular formula is C38H42N2O2. The molecule has 0 bridgehead atoms. The first-order valence-corrected chi connectivity index (χ1v) is 14.6. The molecule has 0 unspecified atom stereocenters. The maximum Gasteiger partial charge on any atom is 0.160 e. The van der Waals surface area contributed by atoms with Gasteiger partial charge in [0.05, 0.1) is 0 Å². The van der Waals surface area contributed by atoms with Crippen LogP contribution in [-0.2, 0) is 13.0 Å². The maximum atomic E-state index is 10.3. The zero-order valence-electron chi connectivity index (χ0n) is 25.1. The van der Waals surface area contributed by atoms with Crippen molar-refractivity contribution in [1.82, 2.24) is 4.90 Å². The van der Waals surface area contributed by atoms with Gasteiger partial charge in [0.1, 0.15) is 0 Å². The molecule has 4 N–H and O–H groups in total. The first-order chi connectivity index (χ1) is 20.4. The highest BCUT2D eigenvalue weighted by atomic mass is 16.3. The first kappa shape index (κ1) is 30.4. The molecule has 5 aromatic rings. The summed E-state index contributed by atoms with van der Waals surface area (Å²) in [6.07, 6.45) is 3.19. The number of benzene rings is 5. The molecule has 5 rings (SSSR count). The molecule has 4 nitrogen and oxygen atoms in total. The van der Waals surface area contributed by atoms with Crippen LogP contribution in [-0.4, -0.2) is 28.7 Å². The Kier molecular flexibility index (Phi) is 10.4. The second-order valence-electron chi connectivity index (χ2n) is 10.7. The zero-order valence-corrected chi connectivity index (χ0v) is 25.1. The summed E-state index contributed by atoms with van der Waals surface area (Å²) in [4.78, 5) is 2.48. The Labute approximate surface area is 250 Å². The zero-order chi connectivity index (χ0) is 30.1. The van der Waals surface area contributed by atoms with E-state index >= 15 is 0 Å². The third-order valence-corrected chi connectivity index (χ3v) is 7.55. The minimum Gasteiger partial charge on any atom is -0.504 e. The van der Waals surface area contributed by atoms with Crippen LogP contribution in [0.2, 0.25) is 0 Å². The van der Waals surface area contributed by atoms with E-state index in [2.05, 4.69) is 121 Å². The Hall–Kier alpha value is -4.54. The maximum absolute atomic E-state index is 10.3. The lowest BCUT2D eigenvalue weighted by Crippen LogP contribution is -2.24. The molecule has 0 aliphatic heterocycles. The standard InChI is InChI=1S/C37H37NO2.CH5N/c1-4-35(38(25-28-13-9-6-10-14-28)20-19-27-11-7-5-8-12-27)32-18-17-29-21-31(16-15-30(29)22-32)33-23-34(26(2)3)37(40)36(39)24-33;1-2/h4-18,21-24,26,39-40H,19-20,25H2,1-3H3;2H2,1H3/b35-4+;. The quantitative estimate of drug-likeness (QED) is 0.158. The fraction of sp³-hybridized carbons (Fsp3) is 0.211. The second-order valence-corrected chi connectivity index (χ2v) is 10.7. The largest absolute Gasteiger partial charge is 0.504 e. The van der Waals surface area contributed by atoms with Gasteiger partial charge < -0.3 is 20.8 Å². The second kappa shape index (κ2) is 14.4.